The summed E-state index contributed by atoms with van der Waals surface area (Å²) in [5.74, 6) is 0.853. The number of hydrogen-bond donors (Lipinski definition) is 1. The molecule has 2 saturated heterocycles. The standard InChI is InChI=1S/C36H35F2N9O2/c1-44-22-40-34(43-44)25-4-2-23(3-5-25)24-10-14-46(15-11-24)31(48)20-45-16-12-36(21-45)13-17-47(35(36)49)27-7-9-29-28(18-27)32(42-41-29)26-6-8-30(33(37)38)39-19-26/h2-10,18-19,22,33H,11-17,20-21H2,1H3,(H,41,42). The second kappa shape index (κ2) is 12.3. The summed E-state index contributed by atoms with van der Waals surface area (Å²) in [6, 6.07) is 16.8. The molecule has 8 rings (SSSR count). The van der Waals surface area contributed by atoms with Crippen LogP contribution in [0, 0.1) is 5.41 Å². The molecule has 1 spiro atoms. The molecule has 0 bridgehead atoms. The summed E-state index contributed by atoms with van der Waals surface area (Å²) in [4.78, 5) is 41.4. The predicted octanol–water partition coefficient (Wildman–Crippen LogP) is 5.10. The first-order chi connectivity index (χ1) is 23.8. The molecule has 11 nitrogen and oxygen atoms in total. The molecule has 2 amide bonds. The van der Waals surface area contributed by atoms with Gasteiger partial charge in [-0.25, -0.2) is 13.8 Å². The van der Waals surface area contributed by atoms with Gasteiger partial charge in [-0.15, -0.1) is 0 Å². The molecule has 0 radical (unpaired) electrons. The fourth-order valence-corrected chi connectivity index (χ4v) is 7.36. The van der Waals surface area contributed by atoms with Crippen LogP contribution in [0.25, 0.3) is 39.1 Å². The van der Waals surface area contributed by atoms with E-state index in [1.54, 1.807) is 17.1 Å². The van der Waals surface area contributed by atoms with E-state index in [4.69, 9.17) is 0 Å². The number of benzene rings is 2. The van der Waals surface area contributed by atoms with E-state index >= 15 is 0 Å². The number of nitrogens with one attached hydrogen (secondary N) is 1. The van der Waals surface area contributed by atoms with Crippen LogP contribution in [0.5, 0.6) is 0 Å². The van der Waals surface area contributed by atoms with Crippen molar-refractivity contribution >= 4 is 34.0 Å². The number of carbonyl (C=O) groups is 2. The first-order valence-electron chi connectivity index (χ1n) is 16.5. The van der Waals surface area contributed by atoms with E-state index in [0.717, 1.165) is 40.6 Å². The number of aryl methyl sites for hydroxylation is 1. The van der Waals surface area contributed by atoms with E-state index in [1.165, 1.54) is 17.8 Å². The minimum atomic E-state index is -2.64. The van der Waals surface area contributed by atoms with Gasteiger partial charge in [-0.2, -0.15) is 10.2 Å². The molecule has 250 valence electrons. The number of hydrogen-bond acceptors (Lipinski definition) is 7. The average Bonchev–Trinajstić information content (AvgIpc) is 3.92. The molecule has 2 aromatic carbocycles. The maximum atomic E-state index is 14.0. The molecule has 3 aliphatic rings. The predicted molar refractivity (Wildman–Crippen MR) is 180 cm³/mol. The Balaban J connectivity index is 0.893. The number of pyridine rings is 1. The number of nitrogens with zero attached hydrogens (tertiary/aromatic N) is 8. The highest BCUT2D eigenvalue weighted by atomic mass is 19.3. The van der Waals surface area contributed by atoms with Crippen molar-refractivity contribution in [1.82, 2.24) is 39.7 Å². The fraction of sp³-hybridized carbons (Fsp3) is 0.333. The van der Waals surface area contributed by atoms with Crippen LogP contribution in [0.4, 0.5) is 14.5 Å². The number of aromatic amines is 1. The van der Waals surface area contributed by atoms with Crippen LogP contribution in [0.2, 0.25) is 0 Å². The Labute approximate surface area is 281 Å². The zero-order valence-corrected chi connectivity index (χ0v) is 27.0. The minimum Gasteiger partial charge on any atom is -0.338 e. The monoisotopic (exact) mass is 663 g/mol. The molecule has 3 aliphatic heterocycles. The quantitative estimate of drug-likeness (QED) is 0.258. The van der Waals surface area contributed by atoms with Gasteiger partial charge in [0.2, 0.25) is 11.8 Å². The smallest absolute Gasteiger partial charge is 0.280 e. The third kappa shape index (κ3) is 5.77. The summed E-state index contributed by atoms with van der Waals surface area (Å²) in [6.45, 7) is 3.36. The fourth-order valence-electron chi connectivity index (χ4n) is 7.36. The van der Waals surface area contributed by atoms with Gasteiger partial charge in [0, 0.05) is 61.6 Å². The summed E-state index contributed by atoms with van der Waals surface area (Å²) in [5, 5.41) is 12.5. The van der Waals surface area contributed by atoms with Gasteiger partial charge in [-0.1, -0.05) is 30.3 Å². The van der Waals surface area contributed by atoms with E-state index < -0.39 is 11.8 Å². The van der Waals surface area contributed by atoms with Crippen LogP contribution in [-0.2, 0) is 16.6 Å². The molecule has 1 atom stereocenters. The largest absolute Gasteiger partial charge is 0.338 e. The molecule has 2 fully saturated rings. The first kappa shape index (κ1) is 31.0. The van der Waals surface area contributed by atoms with Gasteiger partial charge in [-0.05, 0) is 67.3 Å². The summed E-state index contributed by atoms with van der Waals surface area (Å²) in [6.07, 6.45) is 4.79. The Morgan fingerprint density at radius 1 is 0.980 bits per heavy atom. The van der Waals surface area contributed by atoms with Gasteiger partial charge in [-0.3, -0.25) is 29.3 Å². The third-order valence-electron chi connectivity index (χ3n) is 10.1. The van der Waals surface area contributed by atoms with Gasteiger partial charge in [0.25, 0.3) is 6.43 Å². The Hall–Kier alpha value is -5.30. The van der Waals surface area contributed by atoms with Crippen LogP contribution >= 0.6 is 0 Å². The lowest BCUT2D eigenvalue weighted by molar-refractivity contribution is -0.132. The lowest BCUT2D eigenvalue weighted by Gasteiger charge is -2.29. The van der Waals surface area contributed by atoms with Crippen LogP contribution in [-0.4, -0.2) is 90.8 Å². The number of fused-ring (bicyclic) bond motifs is 1. The third-order valence-corrected chi connectivity index (χ3v) is 10.1. The van der Waals surface area contributed by atoms with Gasteiger partial charge in [0.15, 0.2) is 5.82 Å². The maximum Gasteiger partial charge on any atom is 0.280 e. The summed E-state index contributed by atoms with van der Waals surface area (Å²) in [7, 11) is 1.85. The normalized spacial score (nSPS) is 19.9. The zero-order valence-electron chi connectivity index (χ0n) is 27.0. The first-order valence-corrected chi connectivity index (χ1v) is 16.5. The van der Waals surface area contributed by atoms with Crippen molar-refractivity contribution in [1.29, 1.82) is 0 Å². The highest BCUT2D eigenvalue weighted by Crippen LogP contribution is 2.43. The Morgan fingerprint density at radius 2 is 1.78 bits per heavy atom. The minimum absolute atomic E-state index is 0.0742. The molecule has 5 aromatic rings. The van der Waals surface area contributed by atoms with Crippen molar-refractivity contribution in [3.63, 3.8) is 0 Å². The van der Waals surface area contributed by atoms with Gasteiger partial charge < -0.3 is 9.80 Å². The number of carbonyl (C=O) groups excluding carboxylic acids is 2. The lowest BCUT2D eigenvalue weighted by Crippen LogP contribution is -2.43. The molecule has 49 heavy (non-hydrogen) atoms. The van der Waals surface area contributed by atoms with Crippen molar-refractivity contribution in [2.45, 2.75) is 25.7 Å². The van der Waals surface area contributed by atoms with Crippen molar-refractivity contribution in [3.05, 3.63) is 84.5 Å². The number of anilines is 1. The summed E-state index contributed by atoms with van der Waals surface area (Å²) < 4.78 is 27.7. The summed E-state index contributed by atoms with van der Waals surface area (Å²) >= 11 is 0. The Kier molecular flexibility index (Phi) is 7.78. The van der Waals surface area contributed by atoms with Gasteiger partial charge >= 0.3 is 0 Å². The molecule has 0 aliphatic carbocycles. The van der Waals surface area contributed by atoms with Crippen molar-refractivity contribution in [3.8, 4) is 22.6 Å². The number of halogens is 2. The van der Waals surface area contributed by atoms with Gasteiger partial charge in [0.05, 0.1) is 17.5 Å². The molecule has 0 saturated carbocycles. The molecule has 13 heteroatoms. The summed E-state index contributed by atoms with van der Waals surface area (Å²) in [5.41, 5.74) is 5.27. The highest BCUT2D eigenvalue weighted by Gasteiger charge is 2.51. The van der Waals surface area contributed by atoms with Crippen molar-refractivity contribution in [2.75, 3.05) is 44.2 Å². The van der Waals surface area contributed by atoms with E-state index in [2.05, 4.69) is 48.4 Å². The van der Waals surface area contributed by atoms with Crippen LogP contribution < -0.4 is 4.90 Å². The number of alkyl halides is 2. The topological polar surface area (TPSA) is 116 Å². The molecule has 6 heterocycles. The van der Waals surface area contributed by atoms with Crippen molar-refractivity contribution < 1.29 is 18.4 Å². The highest BCUT2D eigenvalue weighted by molar-refractivity contribution is 6.03. The van der Waals surface area contributed by atoms with Crippen LogP contribution in [0.1, 0.15) is 36.9 Å². The number of H-pyrrole nitrogens is 1. The Morgan fingerprint density at radius 3 is 2.49 bits per heavy atom. The molecular formula is C36H35F2N9O2. The van der Waals surface area contributed by atoms with E-state index in [0.29, 0.717) is 62.8 Å². The second-order valence-electron chi connectivity index (χ2n) is 13.2. The van der Waals surface area contributed by atoms with Crippen LogP contribution in [0.15, 0.2) is 73.2 Å². The molecule has 3 aromatic heterocycles. The van der Waals surface area contributed by atoms with Gasteiger partial charge in [0.1, 0.15) is 17.7 Å². The lowest BCUT2D eigenvalue weighted by atomic mass is 9.85. The Bertz CT molecular complexity index is 2070. The second-order valence-corrected chi connectivity index (χ2v) is 13.2. The SMILES string of the molecule is Cn1cnc(-c2ccc(C3=CCN(C(=O)CN4CCC5(CCN(c6ccc7[nH]nc(-c8ccc(C(F)F)nc8)c7c6)C5=O)C4)CC3)cc2)n1. The average molecular weight is 664 g/mol. The zero-order chi connectivity index (χ0) is 33.7. The van der Waals surface area contributed by atoms with E-state index in [-0.39, 0.29) is 17.5 Å². The molecule has 1 N–H and O–H groups in total. The van der Waals surface area contributed by atoms with Crippen molar-refractivity contribution in [2.24, 2.45) is 12.5 Å². The van der Waals surface area contributed by atoms with E-state index in [9.17, 15) is 18.4 Å². The maximum absolute atomic E-state index is 14.0. The number of aromatic nitrogens is 6. The number of amides is 2. The molecular weight excluding hydrogens is 628 g/mol. The number of rotatable bonds is 7. The molecule has 1 unspecified atom stereocenters. The van der Waals surface area contributed by atoms with E-state index in [1.807, 2.05) is 47.2 Å². The van der Waals surface area contributed by atoms with Crippen LogP contribution in [0.3, 0.4) is 0 Å². The number of likely N-dealkylation sites (tertiary alicyclic amines) is 1.